The van der Waals surface area contributed by atoms with Gasteiger partial charge in [-0.1, -0.05) is 43.3 Å². The molecule has 0 heterocycles. The summed E-state index contributed by atoms with van der Waals surface area (Å²) >= 11 is 0. The summed E-state index contributed by atoms with van der Waals surface area (Å²) in [6.07, 6.45) is 0.402. The Hall–Kier alpha value is -4.13. The Balaban J connectivity index is 1.51. The van der Waals surface area contributed by atoms with Crippen LogP contribution >= 0.6 is 0 Å². The van der Waals surface area contributed by atoms with E-state index in [-0.39, 0.29) is 30.3 Å². The molecule has 0 bridgehead atoms. The third-order valence-electron chi connectivity index (χ3n) is 5.00. The molecule has 0 aliphatic carbocycles. The summed E-state index contributed by atoms with van der Waals surface area (Å²) in [5, 5.41) is 11.6. The summed E-state index contributed by atoms with van der Waals surface area (Å²) in [6, 6.07) is 23.6. The largest absolute Gasteiger partial charge is 0.376 e. The molecule has 170 valence electrons. The molecule has 0 aromatic heterocycles. The van der Waals surface area contributed by atoms with Crippen molar-refractivity contribution < 1.29 is 14.4 Å². The number of carbonyl (C=O) groups excluding carboxylic acids is 3. The Bertz CT molecular complexity index is 1100. The smallest absolute Gasteiger partial charge is 0.251 e. The lowest BCUT2D eigenvalue weighted by Gasteiger charge is -2.15. The van der Waals surface area contributed by atoms with E-state index in [0.717, 1.165) is 5.56 Å². The van der Waals surface area contributed by atoms with E-state index in [2.05, 4.69) is 21.3 Å². The number of anilines is 3. The fraction of sp³-hybridized carbons (Fsp3) is 0.192. The molecular weight excluding hydrogens is 416 g/mol. The van der Waals surface area contributed by atoms with Crippen LogP contribution in [0.15, 0.2) is 78.9 Å². The Morgan fingerprint density at radius 1 is 0.758 bits per heavy atom. The molecule has 3 amide bonds. The lowest BCUT2D eigenvalue weighted by molar-refractivity contribution is -0.116. The van der Waals surface area contributed by atoms with Gasteiger partial charge < -0.3 is 21.3 Å². The standard InChI is InChI=1S/C26H28N4O3/c1-3-24(31)29-21-12-14-22(15-13-21)30-25(32)17-27-23-11-7-10-20(16-23)26(33)28-18(2)19-8-5-4-6-9-19/h4-16,18,27H,3,17H2,1-2H3,(H,28,33)(H,29,31)(H,30,32). The fourth-order valence-electron chi connectivity index (χ4n) is 3.15. The Labute approximate surface area is 193 Å². The molecule has 3 aromatic carbocycles. The van der Waals surface area contributed by atoms with Crippen molar-refractivity contribution in [2.24, 2.45) is 0 Å². The Morgan fingerprint density at radius 2 is 1.39 bits per heavy atom. The topological polar surface area (TPSA) is 99.3 Å². The van der Waals surface area contributed by atoms with Gasteiger partial charge in [-0.2, -0.15) is 0 Å². The Morgan fingerprint density at radius 3 is 2.03 bits per heavy atom. The molecule has 3 aromatic rings. The molecule has 0 fully saturated rings. The maximum Gasteiger partial charge on any atom is 0.251 e. The highest BCUT2D eigenvalue weighted by Crippen LogP contribution is 2.16. The molecule has 7 nitrogen and oxygen atoms in total. The summed E-state index contributed by atoms with van der Waals surface area (Å²) < 4.78 is 0. The molecular formula is C26H28N4O3. The van der Waals surface area contributed by atoms with E-state index >= 15 is 0 Å². The minimum Gasteiger partial charge on any atom is -0.376 e. The van der Waals surface area contributed by atoms with Crippen molar-refractivity contribution in [3.63, 3.8) is 0 Å². The summed E-state index contributed by atoms with van der Waals surface area (Å²) in [4.78, 5) is 36.4. The summed E-state index contributed by atoms with van der Waals surface area (Å²) in [5.41, 5.74) is 3.50. The number of hydrogen-bond acceptors (Lipinski definition) is 4. The molecule has 1 unspecified atom stereocenters. The van der Waals surface area contributed by atoms with Crippen LogP contribution in [0.5, 0.6) is 0 Å². The minimum absolute atomic E-state index is 0.0415. The highest BCUT2D eigenvalue weighted by Gasteiger charge is 2.12. The normalized spacial score (nSPS) is 11.2. The van der Waals surface area contributed by atoms with Crippen LogP contribution in [0.25, 0.3) is 0 Å². The van der Waals surface area contributed by atoms with E-state index in [9.17, 15) is 14.4 Å². The van der Waals surface area contributed by atoms with Gasteiger partial charge in [-0.25, -0.2) is 0 Å². The van der Waals surface area contributed by atoms with E-state index in [1.165, 1.54) is 0 Å². The summed E-state index contributed by atoms with van der Waals surface area (Å²) in [7, 11) is 0. The van der Waals surface area contributed by atoms with Crippen LogP contribution in [0, 0.1) is 0 Å². The van der Waals surface area contributed by atoms with E-state index in [1.807, 2.05) is 37.3 Å². The second-order valence-corrected chi connectivity index (χ2v) is 7.57. The van der Waals surface area contributed by atoms with Crippen LogP contribution in [0.2, 0.25) is 0 Å². The first-order valence-electron chi connectivity index (χ1n) is 10.8. The van der Waals surface area contributed by atoms with Crippen LogP contribution < -0.4 is 21.3 Å². The van der Waals surface area contributed by atoms with E-state index < -0.39 is 0 Å². The molecule has 7 heteroatoms. The average Bonchev–Trinajstić information content (AvgIpc) is 2.84. The molecule has 3 rings (SSSR count). The highest BCUT2D eigenvalue weighted by atomic mass is 16.2. The number of rotatable bonds is 9. The van der Waals surface area contributed by atoms with Gasteiger partial charge in [0.2, 0.25) is 11.8 Å². The molecule has 0 aliphatic rings. The first-order valence-corrected chi connectivity index (χ1v) is 10.8. The molecule has 33 heavy (non-hydrogen) atoms. The van der Waals surface area contributed by atoms with Gasteiger partial charge in [0.05, 0.1) is 12.6 Å². The quantitative estimate of drug-likeness (QED) is 0.388. The molecule has 0 saturated heterocycles. The average molecular weight is 445 g/mol. The molecule has 0 radical (unpaired) electrons. The maximum atomic E-state index is 12.6. The van der Waals surface area contributed by atoms with Crippen molar-refractivity contribution in [2.45, 2.75) is 26.3 Å². The summed E-state index contributed by atoms with van der Waals surface area (Å²) in [6.45, 7) is 3.76. The summed E-state index contributed by atoms with van der Waals surface area (Å²) in [5.74, 6) is -0.482. The van der Waals surface area contributed by atoms with Crippen LogP contribution in [0.3, 0.4) is 0 Å². The number of hydrogen-bond donors (Lipinski definition) is 4. The molecule has 4 N–H and O–H groups in total. The van der Waals surface area contributed by atoms with Gasteiger partial charge in [-0.05, 0) is 55.0 Å². The van der Waals surface area contributed by atoms with E-state index in [0.29, 0.717) is 29.0 Å². The second kappa shape index (κ2) is 11.5. The van der Waals surface area contributed by atoms with Crippen LogP contribution in [0.4, 0.5) is 17.1 Å². The third-order valence-corrected chi connectivity index (χ3v) is 5.00. The number of benzene rings is 3. The van der Waals surface area contributed by atoms with Crippen molar-refractivity contribution in [3.8, 4) is 0 Å². The van der Waals surface area contributed by atoms with Crippen LogP contribution in [-0.2, 0) is 9.59 Å². The number of nitrogens with one attached hydrogen (secondary N) is 4. The van der Waals surface area contributed by atoms with Gasteiger partial charge in [0.1, 0.15) is 0 Å². The van der Waals surface area contributed by atoms with Crippen molar-refractivity contribution in [3.05, 3.63) is 90.0 Å². The van der Waals surface area contributed by atoms with E-state index in [1.54, 1.807) is 55.5 Å². The lowest BCUT2D eigenvalue weighted by Crippen LogP contribution is -2.26. The molecule has 1 atom stereocenters. The zero-order chi connectivity index (χ0) is 23.6. The van der Waals surface area contributed by atoms with Gasteiger partial charge in [0, 0.05) is 29.0 Å². The van der Waals surface area contributed by atoms with Crippen molar-refractivity contribution in [1.29, 1.82) is 0 Å². The van der Waals surface area contributed by atoms with Gasteiger partial charge in [-0.15, -0.1) is 0 Å². The van der Waals surface area contributed by atoms with Gasteiger partial charge in [0.25, 0.3) is 5.91 Å². The van der Waals surface area contributed by atoms with E-state index in [4.69, 9.17) is 0 Å². The van der Waals surface area contributed by atoms with Gasteiger partial charge in [0.15, 0.2) is 0 Å². The number of amides is 3. The predicted octanol–water partition coefficient (Wildman–Crippen LogP) is 4.58. The van der Waals surface area contributed by atoms with Gasteiger partial charge in [-0.3, -0.25) is 14.4 Å². The first kappa shape index (κ1) is 23.5. The molecule has 0 spiro atoms. The SMILES string of the molecule is CCC(=O)Nc1ccc(NC(=O)CNc2cccc(C(=O)NC(C)c3ccccc3)c2)cc1. The van der Waals surface area contributed by atoms with Crippen LogP contribution in [-0.4, -0.2) is 24.3 Å². The second-order valence-electron chi connectivity index (χ2n) is 7.57. The fourth-order valence-corrected chi connectivity index (χ4v) is 3.15. The van der Waals surface area contributed by atoms with Crippen molar-refractivity contribution in [2.75, 3.05) is 22.5 Å². The zero-order valence-electron chi connectivity index (χ0n) is 18.7. The zero-order valence-corrected chi connectivity index (χ0v) is 18.7. The minimum atomic E-state index is -0.229. The van der Waals surface area contributed by atoms with Crippen LogP contribution in [0.1, 0.15) is 42.2 Å². The maximum absolute atomic E-state index is 12.6. The van der Waals surface area contributed by atoms with Crippen molar-refractivity contribution >= 4 is 34.8 Å². The third kappa shape index (κ3) is 7.21. The number of carbonyl (C=O) groups is 3. The Kier molecular flexibility index (Phi) is 8.18. The predicted molar refractivity (Wildman–Crippen MR) is 131 cm³/mol. The van der Waals surface area contributed by atoms with Crippen molar-refractivity contribution in [1.82, 2.24) is 5.32 Å². The first-order chi connectivity index (χ1) is 15.9. The van der Waals surface area contributed by atoms with Gasteiger partial charge >= 0.3 is 0 Å². The highest BCUT2D eigenvalue weighted by molar-refractivity contribution is 5.96. The molecule has 0 saturated carbocycles. The lowest BCUT2D eigenvalue weighted by atomic mass is 10.1. The molecule has 0 aliphatic heterocycles. The monoisotopic (exact) mass is 444 g/mol.